The largest absolute Gasteiger partial charge is 0.512 e. The summed E-state index contributed by atoms with van der Waals surface area (Å²) >= 11 is 0. The molecular formula is C12H14F3NO6S2. The minimum absolute atomic E-state index is 0.0343. The van der Waals surface area contributed by atoms with Gasteiger partial charge in [-0.3, -0.25) is 0 Å². The highest BCUT2D eigenvalue weighted by molar-refractivity contribution is 8.05. The van der Waals surface area contributed by atoms with Crippen molar-refractivity contribution in [1.82, 2.24) is 4.13 Å². The normalized spacial score (nSPS) is 14.2. The molecule has 0 aliphatic rings. The van der Waals surface area contributed by atoms with Gasteiger partial charge in [0.1, 0.15) is 0 Å². The van der Waals surface area contributed by atoms with Crippen molar-refractivity contribution in [2.75, 3.05) is 0 Å². The number of halogens is 3. The van der Waals surface area contributed by atoms with Gasteiger partial charge >= 0.3 is 21.5 Å². The van der Waals surface area contributed by atoms with E-state index in [0.29, 0.717) is 10.5 Å². The van der Waals surface area contributed by atoms with Crippen molar-refractivity contribution >= 4 is 26.0 Å². The first kappa shape index (κ1) is 20.4. The highest BCUT2D eigenvalue weighted by Gasteiger charge is 2.48. The minimum Gasteiger partial charge on any atom is -0.459 e. The van der Waals surface area contributed by atoms with Crippen LogP contribution in [0.15, 0.2) is 29.2 Å². The zero-order valence-corrected chi connectivity index (χ0v) is 14.1. The molecule has 0 aromatic heterocycles. The van der Waals surface area contributed by atoms with E-state index in [1.54, 1.807) is 13.8 Å². The molecule has 0 aliphatic carbocycles. The summed E-state index contributed by atoms with van der Waals surface area (Å²) in [4.78, 5) is 10.9. The van der Waals surface area contributed by atoms with Crippen molar-refractivity contribution in [1.29, 1.82) is 0 Å². The Labute approximate surface area is 136 Å². The minimum atomic E-state index is -6.08. The van der Waals surface area contributed by atoms with Crippen molar-refractivity contribution in [3.05, 3.63) is 29.8 Å². The maximum atomic E-state index is 12.2. The van der Waals surface area contributed by atoms with Crippen molar-refractivity contribution in [2.45, 2.75) is 36.8 Å². The Morgan fingerprint density at radius 2 is 1.67 bits per heavy atom. The fourth-order valence-corrected chi connectivity index (χ4v) is 3.76. The predicted octanol–water partition coefficient (Wildman–Crippen LogP) is 1.77. The third-order valence-corrected chi connectivity index (χ3v) is 6.07. The number of carbonyl (C=O) groups is 1. The van der Waals surface area contributed by atoms with Crippen LogP contribution in [0.25, 0.3) is 0 Å². The number of esters is 1. The fraction of sp³-hybridized carbons (Fsp3) is 0.417. The molecule has 0 fully saturated rings. The van der Waals surface area contributed by atoms with Gasteiger partial charge in [-0.2, -0.15) is 13.2 Å². The monoisotopic (exact) mass is 389 g/mol. The third kappa shape index (κ3) is 4.92. The van der Waals surface area contributed by atoms with Crippen molar-refractivity contribution in [3.8, 4) is 0 Å². The lowest BCUT2D eigenvalue weighted by Crippen LogP contribution is -2.40. The van der Waals surface area contributed by atoms with Crippen LogP contribution >= 0.6 is 0 Å². The topological polar surface area (TPSA) is 107 Å². The van der Waals surface area contributed by atoms with E-state index in [9.17, 15) is 34.8 Å². The SMILES string of the molecule is CCC(C)OC(=O)c1ccc(S(=O)(=O)NS(=O)(=O)C(F)(F)F)cc1. The summed E-state index contributed by atoms with van der Waals surface area (Å²) in [6.45, 7) is 3.42. The smallest absolute Gasteiger partial charge is 0.459 e. The second-order valence-electron chi connectivity index (χ2n) is 4.68. The molecule has 0 spiro atoms. The molecule has 7 nitrogen and oxygen atoms in total. The van der Waals surface area contributed by atoms with Crippen LogP contribution in [-0.4, -0.2) is 34.4 Å². The van der Waals surface area contributed by atoms with E-state index in [0.717, 1.165) is 24.3 Å². The molecule has 0 amide bonds. The lowest BCUT2D eigenvalue weighted by molar-refractivity contribution is -0.0441. The van der Waals surface area contributed by atoms with Crippen molar-refractivity contribution in [2.24, 2.45) is 0 Å². The van der Waals surface area contributed by atoms with Crippen LogP contribution in [0.1, 0.15) is 30.6 Å². The van der Waals surface area contributed by atoms with E-state index >= 15 is 0 Å². The number of alkyl halides is 3. The van der Waals surface area contributed by atoms with E-state index < -0.39 is 36.4 Å². The zero-order valence-electron chi connectivity index (χ0n) is 12.5. The Balaban J connectivity index is 3.02. The maximum absolute atomic E-state index is 12.2. The van der Waals surface area contributed by atoms with Gasteiger partial charge in [-0.15, -0.1) is 0 Å². The van der Waals surface area contributed by atoms with Gasteiger partial charge in [0, 0.05) is 0 Å². The fourth-order valence-electron chi connectivity index (χ4n) is 1.34. The van der Waals surface area contributed by atoms with Crippen LogP contribution in [0.3, 0.4) is 0 Å². The lowest BCUT2D eigenvalue weighted by Gasteiger charge is -2.12. The van der Waals surface area contributed by atoms with Crippen LogP contribution in [0.2, 0.25) is 0 Å². The van der Waals surface area contributed by atoms with Gasteiger partial charge in [0.2, 0.25) is 0 Å². The van der Waals surface area contributed by atoms with Gasteiger partial charge in [0.05, 0.1) is 16.6 Å². The first-order chi connectivity index (χ1) is 10.8. The molecule has 1 unspecified atom stereocenters. The van der Waals surface area contributed by atoms with Crippen LogP contribution in [0.5, 0.6) is 0 Å². The molecule has 24 heavy (non-hydrogen) atoms. The summed E-state index contributed by atoms with van der Waals surface area (Å²) in [6.07, 6.45) is 0.178. The molecule has 1 atom stereocenters. The van der Waals surface area contributed by atoms with Gasteiger partial charge in [0.25, 0.3) is 10.0 Å². The Hall–Kier alpha value is -1.66. The third-order valence-electron chi connectivity index (χ3n) is 2.81. The van der Waals surface area contributed by atoms with Crippen molar-refractivity contribution in [3.63, 3.8) is 0 Å². The number of nitrogens with one attached hydrogen (secondary N) is 1. The number of sulfonamides is 2. The molecular weight excluding hydrogens is 375 g/mol. The summed E-state index contributed by atoms with van der Waals surface area (Å²) in [5, 5.41) is 0. The van der Waals surface area contributed by atoms with E-state index in [-0.39, 0.29) is 11.7 Å². The van der Waals surface area contributed by atoms with Gasteiger partial charge in [-0.25, -0.2) is 21.6 Å². The second-order valence-corrected chi connectivity index (χ2v) is 8.30. The summed E-state index contributed by atoms with van der Waals surface area (Å²) in [5.74, 6) is -0.746. The van der Waals surface area contributed by atoms with Gasteiger partial charge < -0.3 is 4.74 Å². The summed E-state index contributed by atoms with van der Waals surface area (Å²) in [5.41, 5.74) is -5.81. The number of benzene rings is 1. The molecule has 0 saturated carbocycles. The molecule has 0 aliphatic heterocycles. The number of carbonyl (C=O) groups excluding carboxylic acids is 1. The molecule has 1 aromatic carbocycles. The zero-order chi connectivity index (χ0) is 18.8. The van der Waals surface area contributed by atoms with E-state index in [1.807, 2.05) is 0 Å². The molecule has 12 heteroatoms. The molecule has 0 bridgehead atoms. The highest BCUT2D eigenvalue weighted by Crippen LogP contribution is 2.23. The van der Waals surface area contributed by atoms with Gasteiger partial charge in [0.15, 0.2) is 0 Å². The van der Waals surface area contributed by atoms with E-state index in [4.69, 9.17) is 4.74 Å². The number of hydrogen-bond donors (Lipinski definition) is 1. The molecule has 1 N–H and O–H groups in total. The van der Waals surface area contributed by atoms with E-state index in [1.165, 1.54) is 0 Å². The Kier molecular flexibility index (Phi) is 6.00. The molecule has 1 aromatic rings. The number of hydrogen-bond acceptors (Lipinski definition) is 6. The lowest BCUT2D eigenvalue weighted by atomic mass is 10.2. The first-order valence-corrected chi connectivity index (χ1v) is 9.42. The Morgan fingerprint density at radius 3 is 2.08 bits per heavy atom. The summed E-state index contributed by atoms with van der Waals surface area (Å²) in [7, 11) is -11.1. The van der Waals surface area contributed by atoms with Gasteiger partial charge in [-0.05, 0) is 37.6 Å². The van der Waals surface area contributed by atoms with Crippen molar-refractivity contribution < 1.29 is 39.5 Å². The molecule has 0 heterocycles. The second kappa shape index (κ2) is 7.07. The van der Waals surface area contributed by atoms with Crippen LogP contribution in [0, 0.1) is 0 Å². The number of ether oxygens (including phenoxy) is 1. The molecule has 0 radical (unpaired) electrons. The van der Waals surface area contributed by atoms with Crippen LogP contribution < -0.4 is 4.13 Å². The predicted molar refractivity (Wildman–Crippen MR) is 76.9 cm³/mol. The summed E-state index contributed by atoms with van der Waals surface area (Å²) in [6, 6.07) is 3.59. The highest BCUT2D eigenvalue weighted by atomic mass is 32.3. The average Bonchev–Trinajstić information content (AvgIpc) is 2.45. The van der Waals surface area contributed by atoms with Crippen LogP contribution in [-0.2, 0) is 24.8 Å². The average molecular weight is 389 g/mol. The van der Waals surface area contributed by atoms with Gasteiger partial charge in [-0.1, -0.05) is 11.1 Å². The number of rotatable bonds is 6. The quantitative estimate of drug-likeness (QED) is 0.743. The molecule has 1 rings (SSSR count). The Morgan fingerprint density at radius 1 is 1.17 bits per heavy atom. The maximum Gasteiger partial charge on any atom is 0.512 e. The Bertz CT molecular complexity index is 800. The molecule has 0 saturated heterocycles. The van der Waals surface area contributed by atoms with Crippen LogP contribution in [0.4, 0.5) is 13.2 Å². The molecule has 136 valence electrons. The standard InChI is InChI=1S/C12H14F3NO6S2/c1-3-8(2)22-11(17)9-4-6-10(7-5-9)23(18,19)16-24(20,21)12(13,14)15/h4-8,16H,3H2,1-2H3. The van der Waals surface area contributed by atoms with E-state index in [2.05, 4.69) is 0 Å². The first-order valence-electron chi connectivity index (χ1n) is 6.46. The summed E-state index contributed by atoms with van der Waals surface area (Å²) < 4.78 is 87.4.